The zero-order valence-electron chi connectivity index (χ0n) is 16.2. The molecule has 0 radical (unpaired) electrons. The van der Waals surface area contributed by atoms with Gasteiger partial charge in [-0.3, -0.25) is 0 Å². The molecule has 0 aliphatic carbocycles. The van der Waals surface area contributed by atoms with Crippen molar-refractivity contribution >= 4 is 21.4 Å². The van der Waals surface area contributed by atoms with E-state index in [0.29, 0.717) is 11.6 Å². The van der Waals surface area contributed by atoms with Gasteiger partial charge in [0, 0.05) is 16.9 Å². The highest BCUT2D eigenvalue weighted by atomic mass is 35.5. The summed E-state index contributed by atoms with van der Waals surface area (Å²) in [5.74, 6) is 0.0117. The zero-order chi connectivity index (χ0) is 20.1. The van der Waals surface area contributed by atoms with Crippen LogP contribution >= 0.6 is 11.6 Å². The Labute approximate surface area is 171 Å². The maximum Gasteiger partial charge on any atom is 0.184 e. The van der Waals surface area contributed by atoms with Gasteiger partial charge in [-0.1, -0.05) is 55.8 Å². The highest BCUT2D eigenvalue weighted by molar-refractivity contribution is 7.92. The van der Waals surface area contributed by atoms with Gasteiger partial charge in [0.1, 0.15) is 10.9 Å². The van der Waals surface area contributed by atoms with Crippen LogP contribution < -0.4 is 0 Å². The third-order valence-electron chi connectivity index (χ3n) is 6.26. The molecular formula is C22H25ClO4S. The van der Waals surface area contributed by atoms with Gasteiger partial charge in [-0.2, -0.15) is 0 Å². The minimum Gasteiger partial charge on any atom is -0.370 e. The summed E-state index contributed by atoms with van der Waals surface area (Å²) in [6.45, 7) is 6.38. The average molecular weight is 421 g/mol. The summed E-state index contributed by atoms with van der Waals surface area (Å²) in [5.41, 5.74) is 0.169. The van der Waals surface area contributed by atoms with E-state index in [4.69, 9.17) is 21.1 Å². The number of hydrogen-bond donors (Lipinski definition) is 0. The largest absolute Gasteiger partial charge is 0.370 e. The Bertz CT molecular complexity index is 944. The first-order valence-electron chi connectivity index (χ1n) is 9.58. The molecule has 0 amide bonds. The number of sulfone groups is 1. The zero-order valence-corrected chi connectivity index (χ0v) is 17.8. The molecule has 4 nitrogen and oxygen atoms in total. The molecule has 2 bridgehead atoms. The second-order valence-corrected chi connectivity index (χ2v) is 10.6. The summed E-state index contributed by atoms with van der Waals surface area (Å²) in [7, 11) is -3.60. The van der Waals surface area contributed by atoms with Crippen LogP contribution in [0.4, 0.5) is 0 Å². The van der Waals surface area contributed by atoms with Crippen molar-refractivity contribution in [1.82, 2.24) is 0 Å². The van der Waals surface area contributed by atoms with Crippen molar-refractivity contribution in [3.8, 4) is 0 Å². The van der Waals surface area contributed by atoms with Crippen LogP contribution in [0.25, 0.3) is 0 Å². The van der Waals surface area contributed by atoms with E-state index in [9.17, 15) is 8.42 Å². The topological polar surface area (TPSA) is 52.6 Å². The van der Waals surface area contributed by atoms with Crippen molar-refractivity contribution in [2.45, 2.75) is 55.3 Å². The standard InChI is InChI=1S/C22H25ClO4S/c1-14-19-15(2)21(28(24,25)18-11-9-17(23)10-12-18)22(3,27-19)20(14)26-13-16-7-5-4-6-8-16/h4-12,14-15,19-21H,13H2,1-3H3/t14-,15+,19-,20-,21+,22+/m0/s1. The molecule has 2 aromatic rings. The number of hydrogen-bond acceptors (Lipinski definition) is 4. The number of ether oxygens (including phenoxy) is 2. The van der Waals surface area contributed by atoms with Crippen LogP contribution in [0, 0.1) is 11.8 Å². The minimum absolute atomic E-state index is 0.114. The van der Waals surface area contributed by atoms with Gasteiger partial charge in [-0.25, -0.2) is 8.42 Å². The van der Waals surface area contributed by atoms with E-state index >= 15 is 0 Å². The first-order chi connectivity index (χ1) is 13.2. The van der Waals surface area contributed by atoms with Gasteiger partial charge in [0.05, 0.1) is 23.7 Å². The van der Waals surface area contributed by atoms with Crippen molar-refractivity contribution in [3.63, 3.8) is 0 Å². The summed E-state index contributed by atoms with van der Waals surface area (Å²) in [6, 6.07) is 16.3. The lowest BCUT2D eigenvalue weighted by Crippen LogP contribution is -2.56. The van der Waals surface area contributed by atoms with Gasteiger partial charge in [0.2, 0.25) is 0 Å². The highest BCUT2D eigenvalue weighted by Gasteiger charge is 2.68. The van der Waals surface area contributed by atoms with Crippen LogP contribution in [0.3, 0.4) is 0 Å². The van der Waals surface area contributed by atoms with E-state index in [2.05, 4.69) is 6.92 Å². The quantitative estimate of drug-likeness (QED) is 0.714. The molecule has 6 heteroatoms. The molecule has 0 saturated carbocycles. The van der Waals surface area contributed by atoms with Crippen molar-refractivity contribution in [2.75, 3.05) is 0 Å². The monoisotopic (exact) mass is 420 g/mol. The van der Waals surface area contributed by atoms with E-state index in [-0.39, 0.29) is 28.9 Å². The first kappa shape index (κ1) is 19.9. The summed E-state index contributed by atoms with van der Waals surface area (Å²) in [4.78, 5) is 0.278. The fraction of sp³-hybridized carbons (Fsp3) is 0.455. The summed E-state index contributed by atoms with van der Waals surface area (Å²) < 4.78 is 39.6. The second kappa shape index (κ2) is 7.13. The molecule has 2 fully saturated rings. The third kappa shape index (κ3) is 3.09. The molecule has 2 aliphatic rings. The van der Waals surface area contributed by atoms with E-state index < -0.39 is 20.7 Å². The Morgan fingerprint density at radius 1 is 1.04 bits per heavy atom. The van der Waals surface area contributed by atoms with Gasteiger partial charge < -0.3 is 9.47 Å². The lowest BCUT2D eigenvalue weighted by atomic mass is 9.74. The lowest BCUT2D eigenvalue weighted by molar-refractivity contribution is -0.0748. The average Bonchev–Trinajstić information content (AvgIpc) is 3.08. The highest BCUT2D eigenvalue weighted by Crippen LogP contribution is 2.54. The fourth-order valence-electron chi connectivity index (χ4n) is 5.11. The maximum absolute atomic E-state index is 13.5. The number of halogens is 1. The van der Waals surface area contributed by atoms with Crippen molar-refractivity contribution < 1.29 is 17.9 Å². The Kier molecular flexibility index (Phi) is 5.07. The molecule has 0 N–H and O–H groups in total. The smallest absolute Gasteiger partial charge is 0.184 e. The van der Waals surface area contributed by atoms with Gasteiger partial charge in [-0.05, 0) is 36.8 Å². The van der Waals surface area contributed by atoms with Gasteiger partial charge in [-0.15, -0.1) is 0 Å². The summed E-state index contributed by atoms with van der Waals surface area (Å²) in [6.07, 6.45) is -0.432. The summed E-state index contributed by atoms with van der Waals surface area (Å²) >= 11 is 5.94. The molecule has 150 valence electrons. The van der Waals surface area contributed by atoms with Crippen LogP contribution in [0.5, 0.6) is 0 Å². The molecule has 2 aliphatic heterocycles. The molecule has 2 saturated heterocycles. The minimum atomic E-state index is -3.60. The Hall–Kier alpha value is -1.40. The van der Waals surface area contributed by atoms with Gasteiger partial charge >= 0.3 is 0 Å². The maximum atomic E-state index is 13.5. The third-order valence-corrected chi connectivity index (χ3v) is 9.01. The Morgan fingerprint density at radius 3 is 2.29 bits per heavy atom. The predicted molar refractivity (Wildman–Crippen MR) is 109 cm³/mol. The molecule has 0 unspecified atom stereocenters. The van der Waals surface area contributed by atoms with Crippen LogP contribution in [0.2, 0.25) is 5.02 Å². The number of rotatable bonds is 5. The van der Waals surface area contributed by atoms with E-state index in [1.165, 1.54) is 0 Å². The van der Waals surface area contributed by atoms with Crippen LogP contribution in [0.1, 0.15) is 26.3 Å². The van der Waals surface area contributed by atoms with Crippen molar-refractivity contribution in [3.05, 3.63) is 65.2 Å². The fourth-order valence-corrected chi connectivity index (χ4v) is 7.57. The molecule has 28 heavy (non-hydrogen) atoms. The molecule has 0 aromatic heterocycles. The number of fused-ring (bicyclic) bond motifs is 2. The van der Waals surface area contributed by atoms with Gasteiger partial charge in [0.15, 0.2) is 9.84 Å². The predicted octanol–water partition coefficient (Wildman–Crippen LogP) is 4.51. The van der Waals surface area contributed by atoms with Crippen molar-refractivity contribution in [1.29, 1.82) is 0 Å². The van der Waals surface area contributed by atoms with Crippen LogP contribution in [-0.4, -0.2) is 31.5 Å². The molecular weight excluding hydrogens is 396 g/mol. The molecule has 2 aromatic carbocycles. The molecule has 0 spiro atoms. The van der Waals surface area contributed by atoms with Gasteiger partial charge in [0.25, 0.3) is 0 Å². The molecule has 4 rings (SSSR count). The molecule has 6 atom stereocenters. The Balaban J connectivity index is 1.64. The van der Waals surface area contributed by atoms with E-state index in [0.717, 1.165) is 5.56 Å². The molecule has 2 heterocycles. The normalized spacial score (nSPS) is 34.6. The van der Waals surface area contributed by atoms with E-state index in [1.54, 1.807) is 24.3 Å². The van der Waals surface area contributed by atoms with Crippen LogP contribution in [0.15, 0.2) is 59.5 Å². The van der Waals surface area contributed by atoms with E-state index in [1.807, 2.05) is 44.2 Å². The van der Waals surface area contributed by atoms with Crippen LogP contribution in [-0.2, 0) is 25.9 Å². The second-order valence-electron chi connectivity index (χ2n) is 8.12. The number of benzene rings is 2. The SMILES string of the molecule is C[C@@H]1[C@H]2O[C@@](C)([C@@H]1S(=O)(=O)c1ccc(Cl)cc1)[C@@H](OCc1ccccc1)[C@H]2C. The Morgan fingerprint density at radius 2 is 1.68 bits per heavy atom. The lowest BCUT2D eigenvalue weighted by Gasteiger charge is -2.40. The van der Waals surface area contributed by atoms with Crippen molar-refractivity contribution in [2.24, 2.45) is 11.8 Å². The first-order valence-corrected chi connectivity index (χ1v) is 11.5. The summed E-state index contributed by atoms with van der Waals surface area (Å²) in [5, 5.41) is -0.150.